The number of hydrogen-bond donors (Lipinski definition) is 2. The van der Waals surface area contributed by atoms with E-state index in [1.165, 1.54) is 0 Å². The predicted octanol–water partition coefficient (Wildman–Crippen LogP) is -5.15. The molecule has 0 radical (unpaired) electrons. The van der Waals surface area contributed by atoms with E-state index in [-0.39, 0.29) is 29.6 Å². The van der Waals surface area contributed by atoms with Crippen LogP contribution in [0.5, 0.6) is 0 Å². The molecular weight excluding hydrogens is 159 g/mol. The van der Waals surface area contributed by atoms with E-state index < -0.39 is 22.2 Å². The van der Waals surface area contributed by atoms with Crippen LogP contribution in [-0.2, 0) is 10.1 Å². The van der Waals surface area contributed by atoms with Crippen LogP contribution in [0.25, 0.3) is 0 Å². The molecule has 0 amide bonds. The molecule has 0 aromatic carbocycles. The van der Waals surface area contributed by atoms with Gasteiger partial charge in [0.05, 0.1) is 6.61 Å². The maximum atomic E-state index is 9.60. The summed E-state index contributed by atoms with van der Waals surface area (Å²) < 4.78 is 28.8. The maximum Gasteiger partial charge on any atom is 1.00 e. The summed E-state index contributed by atoms with van der Waals surface area (Å²) in [7, 11) is -4.70. The van der Waals surface area contributed by atoms with Crippen molar-refractivity contribution in [1.82, 2.24) is 0 Å². The average molecular weight is 164 g/mol. The summed E-state index contributed by atoms with van der Waals surface area (Å²) in [4.78, 5) is 0. The molecule has 9 heavy (non-hydrogen) atoms. The number of aliphatic hydroxyl groups is 2. The Labute approximate surface area is 74.7 Å². The van der Waals surface area contributed by atoms with Crippen LogP contribution in [0.4, 0.5) is 0 Å². The van der Waals surface area contributed by atoms with Crippen LogP contribution in [0.3, 0.4) is 0 Å². The van der Waals surface area contributed by atoms with Gasteiger partial charge < -0.3 is 14.8 Å². The summed E-state index contributed by atoms with van der Waals surface area (Å²) in [5.74, 6) is 0. The Bertz CT molecular complexity index is 150. The van der Waals surface area contributed by atoms with Crippen molar-refractivity contribution in [2.24, 2.45) is 0 Å². The minimum absolute atomic E-state index is 0. The van der Waals surface area contributed by atoms with E-state index in [1.54, 1.807) is 0 Å². The molecule has 2 N–H and O–H groups in total. The number of aliphatic hydroxyl groups excluding tert-OH is 2. The van der Waals surface area contributed by atoms with Crippen LogP contribution in [0, 0.1) is 0 Å². The summed E-state index contributed by atoms with van der Waals surface area (Å²) >= 11 is 0. The van der Waals surface area contributed by atoms with Crippen LogP contribution >= 0.6 is 0 Å². The Hall–Kier alpha value is 0.830. The summed E-state index contributed by atoms with van der Waals surface area (Å²) in [5, 5.41) is 15.9. The first-order valence-corrected chi connectivity index (χ1v) is 3.19. The average Bonchev–Trinajstić information content (AvgIpc) is 1.62. The fourth-order valence-electron chi connectivity index (χ4n) is 0.0913. The standard InChI is InChI=1S/C2H6O5S.Na/c3-1-2(4)8(5,6)7;/h2-4H,1H2,(H,5,6,7);/q;+1/p-1. The van der Waals surface area contributed by atoms with Crippen LogP contribution in [0.2, 0.25) is 0 Å². The molecule has 0 saturated heterocycles. The molecule has 50 valence electrons. The Balaban J connectivity index is 0. The molecule has 0 aliphatic rings. The molecular formula is C2H5NaO5S. The summed E-state index contributed by atoms with van der Waals surface area (Å²) in [5.41, 5.74) is -2.18. The quantitative estimate of drug-likeness (QED) is 0.314. The number of rotatable bonds is 2. The summed E-state index contributed by atoms with van der Waals surface area (Å²) in [6.07, 6.45) is 0. The molecule has 0 saturated carbocycles. The third-order valence-electron chi connectivity index (χ3n) is 0.489. The molecule has 1 unspecified atom stereocenters. The molecule has 0 heterocycles. The Morgan fingerprint density at radius 2 is 1.89 bits per heavy atom. The zero-order valence-corrected chi connectivity index (χ0v) is 7.63. The zero-order valence-electron chi connectivity index (χ0n) is 4.81. The van der Waals surface area contributed by atoms with Gasteiger partial charge in [-0.3, -0.25) is 0 Å². The molecule has 0 aliphatic carbocycles. The summed E-state index contributed by atoms with van der Waals surface area (Å²) in [6, 6.07) is 0. The van der Waals surface area contributed by atoms with Crippen molar-refractivity contribution >= 4 is 10.1 Å². The van der Waals surface area contributed by atoms with Crippen LogP contribution in [-0.4, -0.2) is 35.2 Å². The van der Waals surface area contributed by atoms with Gasteiger partial charge in [0.25, 0.3) is 0 Å². The minimum Gasteiger partial charge on any atom is -0.746 e. The van der Waals surface area contributed by atoms with Crippen molar-refractivity contribution in [3.8, 4) is 0 Å². The van der Waals surface area contributed by atoms with Crippen LogP contribution in [0.1, 0.15) is 0 Å². The fourth-order valence-corrected chi connectivity index (χ4v) is 0.274. The predicted molar refractivity (Wildman–Crippen MR) is 22.8 cm³/mol. The molecule has 0 bridgehead atoms. The smallest absolute Gasteiger partial charge is 0.746 e. The maximum absolute atomic E-state index is 9.60. The SMILES string of the molecule is O=S(=O)([O-])C(O)CO.[Na+]. The van der Waals surface area contributed by atoms with Gasteiger partial charge in [-0.2, -0.15) is 0 Å². The second kappa shape index (κ2) is 4.62. The van der Waals surface area contributed by atoms with E-state index >= 15 is 0 Å². The van der Waals surface area contributed by atoms with Crippen molar-refractivity contribution in [3.63, 3.8) is 0 Å². The van der Waals surface area contributed by atoms with Crippen molar-refractivity contribution in [1.29, 1.82) is 0 Å². The zero-order chi connectivity index (χ0) is 6.78. The van der Waals surface area contributed by atoms with Crippen molar-refractivity contribution < 1.29 is 52.7 Å². The van der Waals surface area contributed by atoms with E-state index in [4.69, 9.17) is 10.2 Å². The third-order valence-corrected chi connectivity index (χ3v) is 1.30. The van der Waals surface area contributed by atoms with E-state index in [9.17, 15) is 13.0 Å². The van der Waals surface area contributed by atoms with Gasteiger partial charge in [-0.05, 0) is 0 Å². The van der Waals surface area contributed by atoms with E-state index in [0.29, 0.717) is 0 Å². The normalized spacial score (nSPS) is 14.1. The molecule has 1 atom stereocenters. The van der Waals surface area contributed by atoms with E-state index in [0.717, 1.165) is 0 Å². The molecule has 0 aliphatic heterocycles. The van der Waals surface area contributed by atoms with Crippen molar-refractivity contribution in [2.75, 3.05) is 6.61 Å². The molecule has 7 heteroatoms. The van der Waals surface area contributed by atoms with Crippen LogP contribution in [0.15, 0.2) is 0 Å². The van der Waals surface area contributed by atoms with Gasteiger partial charge in [0.2, 0.25) is 0 Å². The van der Waals surface area contributed by atoms with Crippen molar-refractivity contribution in [2.45, 2.75) is 5.44 Å². The number of hydrogen-bond acceptors (Lipinski definition) is 5. The van der Waals surface area contributed by atoms with Crippen molar-refractivity contribution in [3.05, 3.63) is 0 Å². The first kappa shape index (κ1) is 12.5. The Morgan fingerprint density at radius 1 is 1.56 bits per heavy atom. The van der Waals surface area contributed by atoms with Gasteiger partial charge in [-0.15, -0.1) is 0 Å². The largest absolute Gasteiger partial charge is 1.00 e. The first-order chi connectivity index (χ1) is 3.48. The monoisotopic (exact) mass is 164 g/mol. The minimum atomic E-state index is -4.70. The molecule has 0 fully saturated rings. The molecule has 0 aromatic rings. The molecule has 5 nitrogen and oxygen atoms in total. The molecule has 0 spiro atoms. The molecule has 0 aromatic heterocycles. The topological polar surface area (TPSA) is 97.7 Å². The van der Waals surface area contributed by atoms with Gasteiger partial charge in [0.15, 0.2) is 5.44 Å². The van der Waals surface area contributed by atoms with Crippen LogP contribution < -0.4 is 29.6 Å². The second-order valence-electron chi connectivity index (χ2n) is 1.13. The fraction of sp³-hybridized carbons (Fsp3) is 1.00. The summed E-state index contributed by atoms with van der Waals surface area (Å²) in [6.45, 7) is -1.05. The van der Waals surface area contributed by atoms with Gasteiger partial charge in [0.1, 0.15) is 10.1 Å². The second-order valence-corrected chi connectivity index (χ2v) is 2.66. The third kappa shape index (κ3) is 5.28. The Kier molecular flexibility index (Phi) is 6.41. The molecule has 0 rings (SSSR count). The van der Waals surface area contributed by atoms with Gasteiger partial charge in [-0.1, -0.05) is 0 Å². The van der Waals surface area contributed by atoms with E-state index in [1.807, 2.05) is 0 Å². The van der Waals surface area contributed by atoms with Gasteiger partial charge >= 0.3 is 29.6 Å². The Morgan fingerprint density at radius 3 is 1.89 bits per heavy atom. The van der Waals surface area contributed by atoms with Gasteiger partial charge in [0, 0.05) is 0 Å². The van der Waals surface area contributed by atoms with E-state index in [2.05, 4.69) is 0 Å². The first-order valence-electron chi connectivity index (χ1n) is 1.72. The van der Waals surface area contributed by atoms with Gasteiger partial charge in [-0.25, -0.2) is 8.42 Å².